The molecule has 0 saturated carbocycles. The maximum absolute atomic E-state index is 12.4. The molecule has 3 aromatic rings. The van der Waals surface area contributed by atoms with Crippen molar-refractivity contribution in [2.75, 3.05) is 11.0 Å². The number of halogens is 1. The Morgan fingerprint density at radius 2 is 1.73 bits per heavy atom. The van der Waals surface area contributed by atoms with Gasteiger partial charge in [-0.1, -0.05) is 48.0 Å². The highest BCUT2D eigenvalue weighted by atomic mass is 35.5. The van der Waals surface area contributed by atoms with E-state index in [0.717, 1.165) is 22.6 Å². The lowest BCUT2D eigenvalue weighted by Crippen LogP contribution is -2.23. The predicted octanol–water partition coefficient (Wildman–Crippen LogP) is 3.79. The molecule has 26 heavy (non-hydrogen) atoms. The molecule has 0 aliphatic heterocycles. The molecule has 3 aromatic carbocycles. The number of amides is 1. The molecule has 134 valence electrons. The van der Waals surface area contributed by atoms with Gasteiger partial charge in [0, 0.05) is 12.2 Å². The lowest BCUT2D eigenvalue weighted by molar-refractivity contribution is 0.0951. The summed E-state index contributed by atoms with van der Waals surface area (Å²) in [6.45, 7) is 0.364. The van der Waals surface area contributed by atoms with Gasteiger partial charge in [-0.3, -0.25) is 9.52 Å². The highest BCUT2D eigenvalue weighted by molar-refractivity contribution is 7.92. The summed E-state index contributed by atoms with van der Waals surface area (Å²) in [5, 5.41) is 5.25. The third-order valence-electron chi connectivity index (χ3n) is 3.78. The minimum absolute atomic E-state index is 0.176. The van der Waals surface area contributed by atoms with Crippen LogP contribution < -0.4 is 10.0 Å². The summed E-state index contributed by atoms with van der Waals surface area (Å²) in [4.78, 5) is 12.4. The Morgan fingerprint density at radius 1 is 1.00 bits per heavy atom. The Kier molecular flexibility index (Phi) is 5.15. The van der Waals surface area contributed by atoms with E-state index in [1.807, 2.05) is 42.5 Å². The number of carbonyl (C=O) groups excluding carboxylic acids is 1. The van der Waals surface area contributed by atoms with Crippen molar-refractivity contribution in [2.24, 2.45) is 0 Å². The van der Waals surface area contributed by atoms with Crippen LogP contribution in [0.25, 0.3) is 10.8 Å². The average molecular weight is 389 g/mol. The number of rotatable bonds is 5. The minimum atomic E-state index is -3.40. The quantitative estimate of drug-likeness (QED) is 0.698. The number of benzene rings is 3. The maximum Gasteiger partial charge on any atom is 0.253 e. The molecule has 2 N–H and O–H groups in total. The van der Waals surface area contributed by atoms with Crippen LogP contribution in [0.3, 0.4) is 0 Å². The lowest BCUT2D eigenvalue weighted by atomic mass is 10.1. The second kappa shape index (κ2) is 7.35. The molecular formula is C19H17ClN2O3S. The third kappa shape index (κ3) is 4.53. The molecular weight excluding hydrogens is 372 g/mol. The summed E-state index contributed by atoms with van der Waals surface area (Å²) in [5.74, 6) is -0.325. The second-order valence-corrected chi connectivity index (χ2v) is 8.09. The molecule has 0 bridgehead atoms. The zero-order valence-electron chi connectivity index (χ0n) is 14.0. The molecule has 0 aromatic heterocycles. The van der Waals surface area contributed by atoms with E-state index in [4.69, 9.17) is 11.6 Å². The van der Waals surface area contributed by atoms with Gasteiger partial charge in [0.25, 0.3) is 5.91 Å². The van der Waals surface area contributed by atoms with Crippen LogP contribution in [0.1, 0.15) is 15.9 Å². The molecule has 3 rings (SSSR count). The van der Waals surface area contributed by atoms with Gasteiger partial charge in [-0.15, -0.1) is 0 Å². The van der Waals surface area contributed by atoms with Gasteiger partial charge in [0.1, 0.15) is 0 Å². The van der Waals surface area contributed by atoms with Crippen LogP contribution in [-0.4, -0.2) is 20.6 Å². The SMILES string of the molecule is CS(=O)(=O)Nc1ccc(C(=O)NCc2ccc3ccccc3c2)c(Cl)c1. The Labute approximate surface area is 157 Å². The summed E-state index contributed by atoms with van der Waals surface area (Å²) in [6.07, 6.45) is 1.05. The van der Waals surface area contributed by atoms with E-state index >= 15 is 0 Å². The molecule has 0 unspecified atom stereocenters. The summed E-state index contributed by atoms with van der Waals surface area (Å²) < 4.78 is 24.8. The van der Waals surface area contributed by atoms with Crippen molar-refractivity contribution in [1.29, 1.82) is 0 Å². The second-order valence-electron chi connectivity index (χ2n) is 5.93. The molecule has 0 aliphatic carbocycles. The first-order valence-electron chi connectivity index (χ1n) is 7.85. The number of hydrogen-bond donors (Lipinski definition) is 2. The van der Waals surface area contributed by atoms with Gasteiger partial charge in [0.15, 0.2) is 0 Å². The molecule has 5 nitrogen and oxygen atoms in total. The maximum atomic E-state index is 12.4. The Hall–Kier alpha value is -2.57. The number of hydrogen-bond acceptors (Lipinski definition) is 3. The average Bonchev–Trinajstić information content (AvgIpc) is 2.58. The van der Waals surface area contributed by atoms with Crippen molar-refractivity contribution in [3.63, 3.8) is 0 Å². The molecule has 0 aliphatic rings. The molecule has 0 radical (unpaired) electrons. The molecule has 7 heteroatoms. The van der Waals surface area contributed by atoms with Gasteiger partial charge >= 0.3 is 0 Å². The number of fused-ring (bicyclic) bond motifs is 1. The van der Waals surface area contributed by atoms with Crippen LogP contribution in [-0.2, 0) is 16.6 Å². The summed E-state index contributed by atoms with van der Waals surface area (Å²) in [6, 6.07) is 18.4. The summed E-state index contributed by atoms with van der Waals surface area (Å²) in [5.41, 5.74) is 1.57. The fourth-order valence-electron chi connectivity index (χ4n) is 2.60. The van der Waals surface area contributed by atoms with Gasteiger partial charge in [0.05, 0.1) is 16.8 Å². The number of anilines is 1. The largest absolute Gasteiger partial charge is 0.348 e. The fraction of sp³-hybridized carbons (Fsp3) is 0.105. The number of carbonyl (C=O) groups is 1. The van der Waals surface area contributed by atoms with E-state index in [-0.39, 0.29) is 16.5 Å². The Morgan fingerprint density at radius 3 is 2.42 bits per heavy atom. The van der Waals surface area contributed by atoms with Gasteiger partial charge in [0.2, 0.25) is 10.0 Å². The van der Waals surface area contributed by atoms with Crippen molar-refractivity contribution >= 4 is 44.0 Å². The Balaban J connectivity index is 1.71. The van der Waals surface area contributed by atoms with Gasteiger partial charge < -0.3 is 5.32 Å². The summed E-state index contributed by atoms with van der Waals surface area (Å²) >= 11 is 6.12. The highest BCUT2D eigenvalue weighted by Gasteiger charge is 2.12. The summed E-state index contributed by atoms with van der Waals surface area (Å²) in [7, 11) is -3.40. The highest BCUT2D eigenvalue weighted by Crippen LogP contribution is 2.22. The van der Waals surface area contributed by atoms with Crippen molar-refractivity contribution in [1.82, 2.24) is 5.32 Å². The van der Waals surface area contributed by atoms with Crippen LogP contribution in [0.4, 0.5) is 5.69 Å². The van der Waals surface area contributed by atoms with Crippen molar-refractivity contribution in [3.8, 4) is 0 Å². The van der Waals surface area contributed by atoms with Crippen LogP contribution >= 0.6 is 11.6 Å². The van der Waals surface area contributed by atoms with E-state index < -0.39 is 10.0 Å². The minimum Gasteiger partial charge on any atom is -0.348 e. The van der Waals surface area contributed by atoms with Crippen molar-refractivity contribution in [3.05, 3.63) is 76.8 Å². The van der Waals surface area contributed by atoms with Gasteiger partial charge in [-0.2, -0.15) is 0 Å². The van der Waals surface area contributed by atoms with Crippen LogP contribution in [0, 0.1) is 0 Å². The predicted molar refractivity (Wildman–Crippen MR) is 105 cm³/mol. The first-order valence-corrected chi connectivity index (χ1v) is 10.1. The topological polar surface area (TPSA) is 75.3 Å². The molecule has 1 amide bonds. The fourth-order valence-corrected chi connectivity index (χ4v) is 3.42. The molecule has 0 atom stereocenters. The number of nitrogens with one attached hydrogen (secondary N) is 2. The monoisotopic (exact) mass is 388 g/mol. The van der Waals surface area contributed by atoms with Crippen LogP contribution in [0.15, 0.2) is 60.7 Å². The molecule has 0 heterocycles. The molecule has 0 fully saturated rings. The van der Waals surface area contributed by atoms with Crippen LogP contribution in [0.5, 0.6) is 0 Å². The third-order valence-corrected chi connectivity index (χ3v) is 4.70. The lowest BCUT2D eigenvalue weighted by Gasteiger charge is -2.10. The van der Waals surface area contributed by atoms with E-state index in [9.17, 15) is 13.2 Å². The van der Waals surface area contributed by atoms with E-state index in [2.05, 4.69) is 10.0 Å². The van der Waals surface area contributed by atoms with E-state index in [0.29, 0.717) is 12.2 Å². The Bertz CT molecular complexity index is 1080. The van der Waals surface area contributed by atoms with Gasteiger partial charge in [-0.25, -0.2) is 8.42 Å². The first-order chi connectivity index (χ1) is 12.3. The zero-order valence-corrected chi connectivity index (χ0v) is 15.6. The van der Waals surface area contributed by atoms with Crippen molar-refractivity contribution in [2.45, 2.75) is 6.54 Å². The normalized spacial score (nSPS) is 11.3. The zero-order chi connectivity index (χ0) is 18.7. The standard InChI is InChI=1S/C19H17ClN2O3S/c1-26(24,25)22-16-8-9-17(18(20)11-16)19(23)21-12-13-6-7-14-4-2-3-5-15(14)10-13/h2-11,22H,12H2,1H3,(H,21,23). The van der Waals surface area contributed by atoms with Gasteiger partial charge in [-0.05, 0) is 40.6 Å². The van der Waals surface area contributed by atoms with Crippen LogP contribution in [0.2, 0.25) is 5.02 Å². The first kappa shape index (κ1) is 18.2. The van der Waals surface area contributed by atoms with Crippen molar-refractivity contribution < 1.29 is 13.2 Å². The number of sulfonamides is 1. The smallest absolute Gasteiger partial charge is 0.253 e. The van der Waals surface area contributed by atoms with E-state index in [1.165, 1.54) is 18.2 Å². The van der Waals surface area contributed by atoms with E-state index in [1.54, 1.807) is 0 Å². The molecule has 0 saturated heterocycles. The molecule has 0 spiro atoms.